The summed E-state index contributed by atoms with van der Waals surface area (Å²) in [7, 11) is 3.07. The number of amides is 2. The van der Waals surface area contributed by atoms with Crippen molar-refractivity contribution in [2.75, 3.05) is 26.1 Å². The predicted octanol–water partition coefficient (Wildman–Crippen LogP) is 3.49. The van der Waals surface area contributed by atoms with Gasteiger partial charge >= 0.3 is 0 Å². The molecule has 0 aliphatic carbocycles. The Morgan fingerprint density at radius 2 is 1.69 bits per heavy atom. The minimum absolute atomic E-state index is 0.175. The van der Waals surface area contributed by atoms with Crippen LogP contribution in [0.1, 0.15) is 15.9 Å². The van der Waals surface area contributed by atoms with Gasteiger partial charge in [-0.3, -0.25) is 9.59 Å². The third kappa shape index (κ3) is 6.33. The molecule has 3 rings (SSSR count). The standard InChI is InChI=1S/C24H23N3O5/c1-30-19-9-6-8-18(14-19)24(29)27-25-15-17-7-5-10-20(13-17)32-16-23(28)26-21-11-3-4-12-22(21)31-2/h3-15H,16H2,1-2H3,(H,26,28)(H,27,29)/b25-15+. The number of anilines is 1. The van der Waals surface area contributed by atoms with Crippen molar-refractivity contribution in [3.63, 3.8) is 0 Å². The number of carbonyl (C=O) groups is 2. The average Bonchev–Trinajstić information content (AvgIpc) is 2.83. The number of nitrogens with zero attached hydrogens (tertiary/aromatic N) is 1. The topological polar surface area (TPSA) is 98.3 Å². The van der Waals surface area contributed by atoms with Gasteiger partial charge in [-0.15, -0.1) is 0 Å². The fraction of sp³-hybridized carbons (Fsp3) is 0.125. The van der Waals surface area contributed by atoms with Crippen LogP contribution in [0.15, 0.2) is 77.9 Å². The van der Waals surface area contributed by atoms with Crippen molar-refractivity contribution in [2.24, 2.45) is 5.10 Å². The molecule has 8 nitrogen and oxygen atoms in total. The van der Waals surface area contributed by atoms with Crippen LogP contribution in [0.25, 0.3) is 0 Å². The number of methoxy groups -OCH3 is 2. The molecule has 2 amide bonds. The predicted molar refractivity (Wildman–Crippen MR) is 122 cm³/mol. The van der Waals surface area contributed by atoms with Gasteiger partial charge in [-0.2, -0.15) is 5.10 Å². The molecule has 3 aromatic rings. The summed E-state index contributed by atoms with van der Waals surface area (Å²) >= 11 is 0. The molecule has 164 valence electrons. The first-order valence-corrected chi connectivity index (χ1v) is 9.72. The molecule has 0 spiro atoms. The third-order valence-electron chi connectivity index (χ3n) is 4.32. The van der Waals surface area contributed by atoms with Crippen molar-refractivity contribution < 1.29 is 23.8 Å². The van der Waals surface area contributed by atoms with Gasteiger partial charge in [0.2, 0.25) is 0 Å². The molecule has 32 heavy (non-hydrogen) atoms. The van der Waals surface area contributed by atoms with E-state index in [1.807, 2.05) is 6.07 Å². The fourth-order valence-electron chi connectivity index (χ4n) is 2.76. The summed E-state index contributed by atoms with van der Waals surface area (Å²) in [6.07, 6.45) is 1.49. The molecule has 3 aromatic carbocycles. The van der Waals surface area contributed by atoms with E-state index in [-0.39, 0.29) is 18.4 Å². The van der Waals surface area contributed by atoms with Crippen LogP contribution in [0.3, 0.4) is 0 Å². The Bertz CT molecular complexity index is 1110. The lowest BCUT2D eigenvalue weighted by molar-refractivity contribution is -0.118. The van der Waals surface area contributed by atoms with Gasteiger partial charge in [0.05, 0.1) is 26.1 Å². The summed E-state index contributed by atoms with van der Waals surface area (Å²) in [4.78, 5) is 24.4. The minimum Gasteiger partial charge on any atom is -0.497 e. The van der Waals surface area contributed by atoms with Gasteiger partial charge in [-0.25, -0.2) is 5.43 Å². The van der Waals surface area contributed by atoms with E-state index in [0.29, 0.717) is 34.1 Å². The van der Waals surface area contributed by atoms with Crippen LogP contribution in [0.2, 0.25) is 0 Å². The molecule has 0 aromatic heterocycles. The highest BCUT2D eigenvalue weighted by atomic mass is 16.5. The summed E-state index contributed by atoms with van der Waals surface area (Å²) in [5.74, 6) is 0.958. The van der Waals surface area contributed by atoms with E-state index in [9.17, 15) is 9.59 Å². The first-order valence-electron chi connectivity index (χ1n) is 9.72. The highest BCUT2D eigenvalue weighted by Gasteiger charge is 2.08. The Labute approximate surface area is 185 Å². The molecule has 0 atom stereocenters. The molecule has 0 saturated carbocycles. The lowest BCUT2D eigenvalue weighted by Gasteiger charge is -2.10. The molecule has 0 saturated heterocycles. The Morgan fingerprint density at radius 3 is 2.50 bits per heavy atom. The summed E-state index contributed by atoms with van der Waals surface area (Å²) in [6.45, 7) is -0.175. The van der Waals surface area contributed by atoms with Gasteiger partial charge in [-0.05, 0) is 48.0 Å². The van der Waals surface area contributed by atoms with E-state index in [0.717, 1.165) is 0 Å². The molecule has 0 radical (unpaired) electrons. The Morgan fingerprint density at radius 1 is 0.906 bits per heavy atom. The van der Waals surface area contributed by atoms with Gasteiger partial charge in [0, 0.05) is 5.56 Å². The quantitative estimate of drug-likeness (QED) is 0.398. The Hall–Kier alpha value is -4.33. The number of benzene rings is 3. The van der Waals surface area contributed by atoms with Crippen LogP contribution in [-0.4, -0.2) is 38.9 Å². The zero-order valence-corrected chi connectivity index (χ0v) is 17.7. The second kappa shape index (κ2) is 11.2. The molecule has 0 bridgehead atoms. The van der Waals surface area contributed by atoms with E-state index in [4.69, 9.17) is 14.2 Å². The van der Waals surface area contributed by atoms with E-state index in [1.54, 1.807) is 66.7 Å². The molecule has 0 fully saturated rings. The highest BCUT2D eigenvalue weighted by Crippen LogP contribution is 2.23. The van der Waals surface area contributed by atoms with Gasteiger partial charge in [0.25, 0.3) is 11.8 Å². The van der Waals surface area contributed by atoms with Crippen molar-refractivity contribution in [1.29, 1.82) is 0 Å². The van der Waals surface area contributed by atoms with E-state index >= 15 is 0 Å². The van der Waals surface area contributed by atoms with Crippen molar-refractivity contribution in [3.8, 4) is 17.2 Å². The van der Waals surface area contributed by atoms with Gasteiger partial charge in [0.1, 0.15) is 17.2 Å². The Balaban J connectivity index is 1.53. The zero-order chi connectivity index (χ0) is 22.8. The summed E-state index contributed by atoms with van der Waals surface area (Å²) in [5.41, 5.74) is 4.15. The Kier molecular flexibility index (Phi) is 7.80. The largest absolute Gasteiger partial charge is 0.497 e. The first kappa shape index (κ1) is 22.4. The van der Waals surface area contributed by atoms with E-state index in [2.05, 4.69) is 15.8 Å². The maximum atomic E-state index is 12.2. The van der Waals surface area contributed by atoms with Crippen molar-refractivity contribution >= 4 is 23.7 Å². The number of hydrogen-bond donors (Lipinski definition) is 2. The van der Waals surface area contributed by atoms with Crippen molar-refractivity contribution in [3.05, 3.63) is 83.9 Å². The highest BCUT2D eigenvalue weighted by molar-refractivity contribution is 5.95. The lowest BCUT2D eigenvalue weighted by Crippen LogP contribution is -2.20. The fourth-order valence-corrected chi connectivity index (χ4v) is 2.76. The number of hydrazone groups is 1. The maximum absolute atomic E-state index is 12.2. The second-order valence-electron chi connectivity index (χ2n) is 6.54. The van der Waals surface area contributed by atoms with Crippen LogP contribution in [0.5, 0.6) is 17.2 Å². The van der Waals surface area contributed by atoms with Crippen LogP contribution < -0.4 is 25.0 Å². The molecule has 0 heterocycles. The van der Waals surface area contributed by atoms with Gasteiger partial charge in [-0.1, -0.05) is 30.3 Å². The summed E-state index contributed by atoms with van der Waals surface area (Å²) in [6, 6.07) is 20.9. The monoisotopic (exact) mass is 433 g/mol. The van der Waals surface area contributed by atoms with Crippen molar-refractivity contribution in [2.45, 2.75) is 0 Å². The number of carbonyl (C=O) groups excluding carboxylic acids is 2. The number of nitrogens with one attached hydrogen (secondary N) is 2. The maximum Gasteiger partial charge on any atom is 0.271 e. The van der Waals surface area contributed by atoms with Crippen LogP contribution >= 0.6 is 0 Å². The molecule has 0 unspecified atom stereocenters. The lowest BCUT2D eigenvalue weighted by atomic mass is 10.2. The summed E-state index contributed by atoms with van der Waals surface area (Å²) < 4.78 is 15.9. The SMILES string of the molecule is COc1cccc(C(=O)N/N=C/c2cccc(OCC(=O)Nc3ccccc3OC)c2)c1. The van der Waals surface area contributed by atoms with Gasteiger partial charge < -0.3 is 19.5 Å². The van der Waals surface area contributed by atoms with Crippen molar-refractivity contribution in [1.82, 2.24) is 5.43 Å². The zero-order valence-electron chi connectivity index (χ0n) is 17.7. The molecule has 0 aliphatic rings. The number of hydrogen-bond acceptors (Lipinski definition) is 6. The number of para-hydroxylation sites is 2. The third-order valence-corrected chi connectivity index (χ3v) is 4.32. The van der Waals surface area contributed by atoms with Crippen LogP contribution in [-0.2, 0) is 4.79 Å². The van der Waals surface area contributed by atoms with Crippen LogP contribution in [0.4, 0.5) is 5.69 Å². The molecule has 2 N–H and O–H groups in total. The number of ether oxygens (including phenoxy) is 3. The molecular formula is C24H23N3O5. The van der Waals surface area contributed by atoms with Gasteiger partial charge in [0.15, 0.2) is 6.61 Å². The normalized spacial score (nSPS) is 10.4. The molecule has 0 aliphatic heterocycles. The van der Waals surface area contributed by atoms with Crippen LogP contribution in [0, 0.1) is 0 Å². The smallest absolute Gasteiger partial charge is 0.271 e. The first-order chi connectivity index (χ1) is 15.6. The van der Waals surface area contributed by atoms with E-state index in [1.165, 1.54) is 20.4 Å². The minimum atomic E-state index is -0.361. The molecular weight excluding hydrogens is 410 g/mol. The average molecular weight is 433 g/mol. The van der Waals surface area contributed by atoms with E-state index < -0.39 is 0 Å². The molecule has 8 heteroatoms. The number of rotatable bonds is 9. The second-order valence-corrected chi connectivity index (χ2v) is 6.54. The summed E-state index contributed by atoms with van der Waals surface area (Å²) in [5, 5.41) is 6.72.